The van der Waals surface area contributed by atoms with Crippen molar-refractivity contribution in [3.05, 3.63) is 65.2 Å². The Morgan fingerprint density at radius 3 is 2.55 bits per heavy atom. The monoisotopic (exact) mass is 304 g/mol. The van der Waals surface area contributed by atoms with Gasteiger partial charge in [-0.05, 0) is 35.9 Å². The first-order valence-corrected chi connectivity index (χ1v) is 6.39. The molecule has 0 aromatic heterocycles. The predicted molar refractivity (Wildman–Crippen MR) is 80.5 cm³/mol. The summed E-state index contributed by atoms with van der Waals surface area (Å²) in [5.74, 6) is -2.55. The van der Waals surface area contributed by atoms with Crippen LogP contribution < -0.4 is 11.5 Å². The Morgan fingerprint density at radius 2 is 1.86 bits per heavy atom. The van der Waals surface area contributed by atoms with Crippen molar-refractivity contribution in [2.75, 3.05) is 11.5 Å². The molecular formula is C16H14F2N2O2. The van der Waals surface area contributed by atoms with Crippen molar-refractivity contribution in [1.82, 2.24) is 0 Å². The van der Waals surface area contributed by atoms with E-state index in [1.54, 1.807) is 18.2 Å². The van der Waals surface area contributed by atoms with Crippen LogP contribution in [0.5, 0.6) is 0 Å². The van der Waals surface area contributed by atoms with E-state index in [-0.39, 0.29) is 6.61 Å². The lowest BCUT2D eigenvalue weighted by atomic mass is 10.2. The molecule has 0 aliphatic carbocycles. The molecule has 0 radical (unpaired) electrons. The molecule has 4 N–H and O–H groups in total. The van der Waals surface area contributed by atoms with Gasteiger partial charge >= 0.3 is 5.97 Å². The zero-order valence-electron chi connectivity index (χ0n) is 11.6. The van der Waals surface area contributed by atoms with Gasteiger partial charge in [0.15, 0.2) is 11.6 Å². The highest BCUT2D eigenvalue weighted by Gasteiger charge is 2.04. The summed E-state index contributed by atoms with van der Waals surface area (Å²) in [6.07, 6.45) is 2.46. The number of hydrogen-bond donors (Lipinski definition) is 2. The number of carbonyl (C=O) groups excluding carboxylic acids is 1. The van der Waals surface area contributed by atoms with E-state index >= 15 is 0 Å². The van der Waals surface area contributed by atoms with Gasteiger partial charge in [-0.25, -0.2) is 13.6 Å². The lowest BCUT2D eigenvalue weighted by Gasteiger charge is -2.06. The van der Waals surface area contributed by atoms with Gasteiger partial charge < -0.3 is 16.2 Å². The number of halogens is 2. The average Bonchev–Trinajstić information content (AvgIpc) is 2.47. The Kier molecular flexibility index (Phi) is 4.73. The SMILES string of the molecule is Nc1ccc(COC(=O)C=Cc2ccc(F)c(F)c2)c(N)c1. The van der Waals surface area contributed by atoms with E-state index in [0.29, 0.717) is 22.5 Å². The molecule has 0 unspecified atom stereocenters. The molecule has 0 atom stereocenters. The molecule has 22 heavy (non-hydrogen) atoms. The van der Waals surface area contributed by atoms with E-state index in [4.69, 9.17) is 16.2 Å². The summed E-state index contributed by atoms with van der Waals surface area (Å²) in [6.45, 7) is -0.00688. The van der Waals surface area contributed by atoms with Crippen molar-refractivity contribution in [2.45, 2.75) is 6.61 Å². The second-order valence-corrected chi connectivity index (χ2v) is 4.57. The van der Waals surface area contributed by atoms with Crippen molar-refractivity contribution in [3.8, 4) is 0 Å². The van der Waals surface area contributed by atoms with E-state index in [0.717, 1.165) is 18.2 Å². The summed E-state index contributed by atoms with van der Waals surface area (Å²) in [7, 11) is 0. The molecule has 0 aliphatic rings. The zero-order chi connectivity index (χ0) is 16.1. The number of ether oxygens (including phenoxy) is 1. The molecule has 6 heteroatoms. The number of hydrogen-bond acceptors (Lipinski definition) is 4. The molecule has 0 spiro atoms. The van der Waals surface area contributed by atoms with Gasteiger partial charge in [0, 0.05) is 23.0 Å². The van der Waals surface area contributed by atoms with E-state index in [1.165, 1.54) is 12.1 Å². The molecule has 2 rings (SSSR count). The first kappa shape index (κ1) is 15.5. The van der Waals surface area contributed by atoms with Crippen LogP contribution in [0.25, 0.3) is 6.08 Å². The van der Waals surface area contributed by atoms with Crippen LogP contribution in [0.2, 0.25) is 0 Å². The van der Waals surface area contributed by atoms with Gasteiger partial charge in [0.2, 0.25) is 0 Å². The Hall–Kier alpha value is -2.89. The maximum Gasteiger partial charge on any atom is 0.331 e. The highest BCUT2D eigenvalue weighted by atomic mass is 19.2. The van der Waals surface area contributed by atoms with E-state index in [2.05, 4.69) is 0 Å². The van der Waals surface area contributed by atoms with Crippen LogP contribution in [-0.2, 0) is 16.1 Å². The first-order chi connectivity index (χ1) is 10.5. The van der Waals surface area contributed by atoms with Crippen LogP contribution in [0.3, 0.4) is 0 Å². The lowest BCUT2D eigenvalue weighted by Crippen LogP contribution is -2.03. The Labute approximate surface area is 126 Å². The van der Waals surface area contributed by atoms with Crippen LogP contribution in [0.1, 0.15) is 11.1 Å². The smallest absolute Gasteiger partial charge is 0.331 e. The van der Waals surface area contributed by atoms with Crippen LogP contribution in [0.15, 0.2) is 42.5 Å². The summed E-state index contributed by atoms with van der Waals surface area (Å²) in [6, 6.07) is 8.20. The van der Waals surface area contributed by atoms with Gasteiger partial charge in [-0.3, -0.25) is 0 Å². The normalized spacial score (nSPS) is 10.8. The molecule has 0 heterocycles. The van der Waals surface area contributed by atoms with Crippen LogP contribution >= 0.6 is 0 Å². The molecule has 0 saturated heterocycles. The topological polar surface area (TPSA) is 78.3 Å². The second-order valence-electron chi connectivity index (χ2n) is 4.57. The average molecular weight is 304 g/mol. The third kappa shape index (κ3) is 4.05. The minimum absolute atomic E-state index is 0.00688. The molecule has 0 amide bonds. The van der Waals surface area contributed by atoms with Crippen molar-refractivity contribution in [3.63, 3.8) is 0 Å². The van der Waals surface area contributed by atoms with Crippen molar-refractivity contribution in [2.24, 2.45) is 0 Å². The lowest BCUT2D eigenvalue weighted by molar-refractivity contribution is -0.138. The molecule has 114 valence electrons. The molecule has 0 fully saturated rings. The Balaban J connectivity index is 1.95. The number of nitrogen functional groups attached to an aromatic ring is 2. The fraction of sp³-hybridized carbons (Fsp3) is 0.0625. The van der Waals surface area contributed by atoms with E-state index in [9.17, 15) is 13.6 Å². The molecule has 2 aromatic rings. The number of rotatable bonds is 4. The van der Waals surface area contributed by atoms with Crippen LogP contribution in [0.4, 0.5) is 20.2 Å². The summed E-state index contributed by atoms with van der Waals surface area (Å²) in [5.41, 5.74) is 13.2. The number of carbonyl (C=O) groups is 1. The number of esters is 1. The summed E-state index contributed by atoms with van der Waals surface area (Å²) in [5, 5.41) is 0. The van der Waals surface area contributed by atoms with Gasteiger partial charge in [-0.1, -0.05) is 12.1 Å². The number of nitrogens with two attached hydrogens (primary N) is 2. The Morgan fingerprint density at radius 1 is 1.09 bits per heavy atom. The second kappa shape index (κ2) is 6.71. The van der Waals surface area contributed by atoms with Gasteiger partial charge in [0.1, 0.15) is 6.61 Å². The molecule has 0 saturated carbocycles. The maximum absolute atomic E-state index is 13.0. The van der Waals surface area contributed by atoms with Crippen LogP contribution in [0, 0.1) is 11.6 Å². The quantitative estimate of drug-likeness (QED) is 0.517. The molecule has 2 aromatic carbocycles. The maximum atomic E-state index is 13.0. The van der Waals surface area contributed by atoms with Gasteiger partial charge in [0.05, 0.1) is 0 Å². The highest BCUT2D eigenvalue weighted by molar-refractivity contribution is 5.87. The summed E-state index contributed by atoms with van der Waals surface area (Å²) in [4.78, 5) is 11.6. The molecule has 4 nitrogen and oxygen atoms in total. The molecule has 0 aliphatic heterocycles. The van der Waals surface area contributed by atoms with Gasteiger partial charge in [0.25, 0.3) is 0 Å². The van der Waals surface area contributed by atoms with E-state index < -0.39 is 17.6 Å². The Bertz CT molecular complexity index is 730. The number of benzene rings is 2. The third-order valence-electron chi connectivity index (χ3n) is 2.90. The van der Waals surface area contributed by atoms with Gasteiger partial charge in [-0.2, -0.15) is 0 Å². The predicted octanol–water partition coefficient (Wildman–Crippen LogP) is 2.89. The standard InChI is InChI=1S/C16H14F2N2O2/c17-13-5-1-10(7-14(13)18)2-6-16(21)22-9-11-3-4-12(19)8-15(11)20/h1-8H,9,19-20H2. The van der Waals surface area contributed by atoms with Crippen molar-refractivity contribution >= 4 is 23.4 Å². The van der Waals surface area contributed by atoms with E-state index in [1.807, 2.05) is 0 Å². The third-order valence-corrected chi connectivity index (χ3v) is 2.90. The summed E-state index contributed by atoms with van der Waals surface area (Å²) < 4.78 is 30.8. The number of anilines is 2. The van der Waals surface area contributed by atoms with Crippen molar-refractivity contribution in [1.29, 1.82) is 0 Å². The fourth-order valence-corrected chi connectivity index (χ4v) is 1.72. The minimum Gasteiger partial charge on any atom is -0.458 e. The highest BCUT2D eigenvalue weighted by Crippen LogP contribution is 2.16. The van der Waals surface area contributed by atoms with Gasteiger partial charge in [-0.15, -0.1) is 0 Å². The minimum atomic E-state index is -0.981. The fourth-order valence-electron chi connectivity index (χ4n) is 1.72. The molecular weight excluding hydrogens is 290 g/mol. The molecule has 0 bridgehead atoms. The summed E-state index contributed by atoms with van der Waals surface area (Å²) >= 11 is 0. The first-order valence-electron chi connectivity index (χ1n) is 6.39. The zero-order valence-corrected chi connectivity index (χ0v) is 11.6. The van der Waals surface area contributed by atoms with Crippen LogP contribution in [-0.4, -0.2) is 5.97 Å². The largest absolute Gasteiger partial charge is 0.458 e. The van der Waals surface area contributed by atoms with Crippen molar-refractivity contribution < 1.29 is 18.3 Å².